The predicted molar refractivity (Wildman–Crippen MR) is 118 cm³/mol. The summed E-state index contributed by atoms with van der Waals surface area (Å²) in [4.78, 5) is 26.5. The van der Waals surface area contributed by atoms with Crippen LogP contribution < -0.4 is 16.9 Å². The van der Waals surface area contributed by atoms with Crippen LogP contribution in [-0.4, -0.2) is 17.8 Å². The lowest BCUT2D eigenvalue weighted by Gasteiger charge is -2.18. The summed E-state index contributed by atoms with van der Waals surface area (Å²) in [7, 11) is -4.11. The van der Waals surface area contributed by atoms with Gasteiger partial charge in [-0.25, -0.2) is 13.1 Å². The van der Waals surface area contributed by atoms with E-state index in [1.54, 1.807) is 66.7 Å². The number of sulfone groups is 1. The number of hydrogen-bond donors (Lipinski definition) is 1. The van der Waals surface area contributed by atoms with E-state index in [4.69, 9.17) is 5.73 Å². The molecular weight excluding hydrogens is 414 g/mol. The molecule has 8 heteroatoms. The number of allylic oxidation sites excluding steroid dienone is 1. The molecule has 0 fully saturated rings. The van der Waals surface area contributed by atoms with Crippen molar-refractivity contribution in [1.29, 1.82) is 0 Å². The number of nitrogens with zero attached hydrogens (tertiary/aromatic N) is 2. The van der Waals surface area contributed by atoms with Gasteiger partial charge in [0.15, 0.2) is 0 Å². The molecule has 0 amide bonds. The van der Waals surface area contributed by atoms with Crippen molar-refractivity contribution < 1.29 is 8.42 Å². The van der Waals surface area contributed by atoms with Crippen LogP contribution >= 0.6 is 0 Å². The van der Waals surface area contributed by atoms with Gasteiger partial charge in [-0.2, -0.15) is 4.68 Å². The Kier molecular flexibility index (Phi) is 4.19. The highest BCUT2D eigenvalue weighted by atomic mass is 32.2. The fourth-order valence-electron chi connectivity index (χ4n) is 4.04. The zero-order valence-corrected chi connectivity index (χ0v) is 17.0. The monoisotopic (exact) mass is 431 g/mol. The van der Waals surface area contributed by atoms with Crippen LogP contribution in [0.25, 0.3) is 16.6 Å². The average molecular weight is 431 g/mol. The number of hydrogen-bond acceptors (Lipinski definition) is 5. The maximum Gasteiger partial charge on any atom is 0.279 e. The van der Waals surface area contributed by atoms with Crippen molar-refractivity contribution in [1.82, 2.24) is 9.36 Å². The highest BCUT2D eigenvalue weighted by Crippen LogP contribution is 2.39. The maximum absolute atomic E-state index is 13.6. The molecule has 1 unspecified atom stereocenters. The molecule has 31 heavy (non-hydrogen) atoms. The minimum absolute atomic E-state index is 0.0346. The second-order valence-electron chi connectivity index (χ2n) is 7.19. The fraction of sp³-hybridized carbons (Fsp3) is 0.0435. The Morgan fingerprint density at radius 1 is 0.710 bits per heavy atom. The molecule has 1 atom stereocenters. The standard InChI is InChI=1S/C23H17N3O4S/c24-21-20(31(29,30)16-11-5-2-6-12-16)19(15-9-3-1-4-10-15)25-22(27)17-13-7-8-14-18(17)23(28)26(21)25/h1-14,19H,24H2. The summed E-state index contributed by atoms with van der Waals surface area (Å²) in [5.74, 6) is -0.273. The van der Waals surface area contributed by atoms with Gasteiger partial charge in [-0.3, -0.25) is 9.59 Å². The lowest BCUT2D eigenvalue weighted by atomic mass is 10.1. The smallest absolute Gasteiger partial charge is 0.279 e. The highest BCUT2D eigenvalue weighted by Gasteiger charge is 2.41. The normalized spacial score (nSPS) is 15.9. The molecule has 2 heterocycles. The molecule has 1 aliphatic rings. The van der Waals surface area contributed by atoms with E-state index in [0.29, 0.717) is 5.56 Å². The fourth-order valence-corrected chi connectivity index (χ4v) is 5.70. The van der Waals surface area contributed by atoms with E-state index in [-0.39, 0.29) is 26.4 Å². The number of nitrogens with two attached hydrogens (primary N) is 1. The Bertz CT molecular complexity index is 1590. The van der Waals surface area contributed by atoms with Gasteiger partial charge in [0, 0.05) is 0 Å². The summed E-state index contributed by atoms with van der Waals surface area (Å²) >= 11 is 0. The first-order valence-electron chi connectivity index (χ1n) is 9.54. The van der Waals surface area contributed by atoms with Crippen molar-refractivity contribution >= 4 is 26.4 Å². The van der Waals surface area contributed by atoms with Gasteiger partial charge in [-0.1, -0.05) is 60.7 Å². The van der Waals surface area contributed by atoms with E-state index in [0.717, 1.165) is 9.36 Å². The molecular formula is C23H17N3O4S. The second-order valence-corrected chi connectivity index (χ2v) is 9.11. The molecule has 1 aliphatic heterocycles. The highest BCUT2D eigenvalue weighted by molar-refractivity contribution is 7.95. The van der Waals surface area contributed by atoms with Crippen molar-refractivity contribution in [3.8, 4) is 0 Å². The van der Waals surface area contributed by atoms with Crippen LogP contribution in [-0.2, 0) is 9.84 Å². The minimum atomic E-state index is -4.11. The molecule has 2 N–H and O–H groups in total. The topological polar surface area (TPSA) is 104 Å². The average Bonchev–Trinajstić information content (AvgIpc) is 3.13. The van der Waals surface area contributed by atoms with Crippen LogP contribution in [0.3, 0.4) is 0 Å². The third kappa shape index (κ3) is 2.69. The lowest BCUT2D eigenvalue weighted by molar-refractivity contribution is 0.535. The Labute approximate surface area is 177 Å². The third-order valence-corrected chi connectivity index (χ3v) is 7.34. The predicted octanol–water partition coefficient (Wildman–Crippen LogP) is 2.32. The van der Waals surface area contributed by atoms with E-state index >= 15 is 0 Å². The summed E-state index contributed by atoms with van der Waals surface area (Å²) in [5, 5.41) is 0.382. The molecule has 5 rings (SSSR count). The second kappa shape index (κ2) is 6.82. The van der Waals surface area contributed by atoms with E-state index in [1.807, 2.05) is 0 Å². The number of rotatable bonds is 3. The number of fused-ring (bicyclic) bond motifs is 2. The van der Waals surface area contributed by atoms with Gasteiger partial charge < -0.3 is 5.73 Å². The number of benzene rings is 3. The van der Waals surface area contributed by atoms with Crippen LogP contribution in [0.15, 0.2) is 104 Å². The Hall–Kier alpha value is -3.91. The zero-order valence-electron chi connectivity index (χ0n) is 16.2. The lowest BCUT2D eigenvalue weighted by Crippen LogP contribution is -2.38. The first-order chi connectivity index (χ1) is 14.9. The first kappa shape index (κ1) is 19.1. The van der Waals surface area contributed by atoms with Crippen LogP contribution in [0.2, 0.25) is 0 Å². The van der Waals surface area contributed by atoms with Gasteiger partial charge in [-0.15, -0.1) is 0 Å². The molecule has 0 bridgehead atoms. The quantitative estimate of drug-likeness (QED) is 0.536. The van der Waals surface area contributed by atoms with Crippen molar-refractivity contribution in [2.45, 2.75) is 10.9 Å². The SMILES string of the molecule is NC1=C(S(=O)(=O)c2ccccc2)C(c2ccccc2)n2c(=O)c3ccccc3c(=O)n21. The molecule has 154 valence electrons. The Morgan fingerprint density at radius 3 is 1.84 bits per heavy atom. The molecule has 1 aromatic heterocycles. The molecule has 4 aromatic rings. The van der Waals surface area contributed by atoms with Gasteiger partial charge >= 0.3 is 0 Å². The molecule has 0 aliphatic carbocycles. The van der Waals surface area contributed by atoms with Gasteiger partial charge in [0.2, 0.25) is 9.84 Å². The largest absolute Gasteiger partial charge is 0.383 e. The van der Waals surface area contributed by atoms with E-state index in [9.17, 15) is 18.0 Å². The number of aromatic nitrogens is 2. The van der Waals surface area contributed by atoms with E-state index < -0.39 is 27.0 Å². The first-order valence-corrected chi connectivity index (χ1v) is 11.0. The molecule has 0 spiro atoms. The third-order valence-electron chi connectivity index (χ3n) is 5.44. The summed E-state index contributed by atoms with van der Waals surface area (Å²) in [6.07, 6.45) is 0. The van der Waals surface area contributed by atoms with E-state index in [2.05, 4.69) is 0 Å². The van der Waals surface area contributed by atoms with Gasteiger partial charge in [0.25, 0.3) is 11.1 Å². The van der Waals surface area contributed by atoms with Crippen molar-refractivity contribution in [2.75, 3.05) is 0 Å². The van der Waals surface area contributed by atoms with E-state index in [1.165, 1.54) is 18.2 Å². The Morgan fingerprint density at radius 2 is 1.23 bits per heavy atom. The van der Waals surface area contributed by atoms with Crippen LogP contribution in [0, 0.1) is 0 Å². The summed E-state index contributed by atoms with van der Waals surface area (Å²) in [6.45, 7) is 0. The van der Waals surface area contributed by atoms with Crippen LogP contribution in [0.1, 0.15) is 11.6 Å². The molecule has 0 saturated heterocycles. The van der Waals surface area contributed by atoms with Crippen LogP contribution in [0.5, 0.6) is 0 Å². The van der Waals surface area contributed by atoms with Crippen molar-refractivity contribution in [3.63, 3.8) is 0 Å². The molecule has 7 nitrogen and oxygen atoms in total. The van der Waals surface area contributed by atoms with Gasteiger partial charge in [0.05, 0.1) is 15.7 Å². The van der Waals surface area contributed by atoms with Gasteiger partial charge in [0.1, 0.15) is 16.8 Å². The molecule has 3 aromatic carbocycles. The van der Waals surface area contributed by atoms with Crippen molar-refractivity contribution in [2.24, 2.45) is 5.73 Å². The summed E-state index contributed by atoms with van der Waals surface area (Å²) < 4.78 is 29.4. The van der Waals surface area contributed by atoms with Crippen molar-refractivity contribution in [3.05, 3.63) is 116 Å². The summed E-state index contributed by atoms with van der Waals surface area (Å²) in [6, 6.07) is 21.8. The minimum Gasteiger partial charge on any atom is -0.383 e. The van der Waals surface area contributed by atoms with Crippen LogP contribution in [0.4, 0.5) is 0 Å². The Balaban J connectivity index is 1.93. The molecule has 0 radical (unpaired) electrons. The van der Waals surface area contributed by atoms with Gasteiger partial charge in [-0.05, 0) is 29.8 Å². The molecule has 0 saturated carbocycles. The maximum atomic E-state index is 13.6. The summed E-state index contributed by atoms with van der Waals surface area (Å²) in [5.41, 5.74) is 5.79. The zero-order chi connectivity index (χ0) is 21.8.